The lowest BCUT2D eigenvalue weighted by molar-refractivity contribution is 0.529. The second-order valence-corrected chi connectivity index (χ2v) is 4.51. The number of nitrogens with one attached hydrogen (secondary N) is 1. The molecule has 0 spiro atoms. The molecule has 0 radical (unpaired) electrons. The van der Waals surface area contributed by atoms with Gasteiger partial charge in [-0.3, -0.25) is 16.0 Å². The molecule has 3 N–H and O–H groups in total. The first kappa shape index (κ1) is 12.8. The Bertz CT molecular complexity index is 487. The summed E-state index contributed by atoms with van der Waals surface area (Å²) in [6, 6.07) is 10.7. The standard InChI is InChI=1S/C14H20N4/c1-3-11-4-6-12(7-5-11)10-14(16-15)13-8-9-18(2)17-13/h4-9,14,16H,3,10,15H2,1-2H3. The average Bonchev–Trinajstić information content (AvgIpc) is 2.83. The van der Waals surface area contributed by atoms with Gasteiger partial charge in [-0.1, -0.05) is 31.2 Å². The molecule has 0 aliphatic rings. The van der Waals surface area contributed by atoms with Crippen LogP contribution in [0.15, 0.2) is 36.5 Å². The fourth-order valence-corrected chi connectivity index (χ4v) is 2.01. The molecule has 0 aliphatic carbocycles. The number of aryl methyl sites for hydroxylation is 2. The molecule has 0 fully saturated rings. The van der Waals surface area contributed by atoms with Crippen LogP contribution in [0.5, 0.6) is 0 Å². The van der Waals surface area contributed by atoms with Gasteiger partial charge in [0, 0.05) is 13.2 Å². The maximum atomic E-state index is 5.62. The van der Waals surface area contributed by atoms with E-state index < -0.39 is 0 Å². The summed E-state index contributed by atoms with van der Waals surface area (Å²) in [5.41, 5.74) is 6.42. The highest BCUT2D eigenvalue weighted by Gasteiger charge is 2.13. The van der Waals surface area contributed by atoms with Crippen LogP contribution in [0.1, 0.15) is 29.8 Å². The molecule has 1 aromatic carbocycles. The van der Waals surface area contributed by atoms with Crippen molar-refractivity contribution in [3.8, 4) is 0 Å². The Kier molecular flexibility index (Phi) is 4.12. The third-order valence-electron chi connectivity index (χ3n) is 3.16. The van der Waals surface area contributed by atoms with Crippen molar-refractivity contribution in [2.24, 2.45) is 12.9 Å². The smallest absolute Gasteiger partial charge is 0.0810 e. The minimum Gasteiger partial charge on any atom is -0.275 e. The van der Waals surface area contributed by atoms with Crippen molar-refractivity contribution >= 4 is 0 Å². The van der Waals surface area contributed by atoms with Gasteiger partial charge < -0.3 is 0 Å². The highest BCUT2D eigenvalue weighted by atomic mass is 15.3. The molecule has 4 heteroatoms. The topological polar surface area (TPSA) is 55.9 Å². The van der Waals surface area contributed by atoms with Crippen LogP contribution in [-0.2, 0) is 19.9 Å². The molecular weight excluding hydrogens is 224 g/mol. The molecule has 0 amide bonds. The first-order valence-electron chi connectivity index (χ1n) is 6.26. The maximum Gasteiger partial charge on any atom is 0.0810 e. The van der Waals surface area contributed by atoms with Crippen LogP contribution in [0.4, 0.5) is 0 Å². The third kappa shape index (κ3) is 2.97. The summed E-state index contributed by atoms with van der Waals surface area (Å²) < 4.78 is 1.79. The van der Waals surface area contributed by atoms with Crippen molar-refractivity contribution in [3.63, 3.8) is 0 Å². The van der Waals surface area contributed by atoms with E-state index in [1.54, 1.807) is 4.68 Å². The highest BCUT2D eigenvalue weighted by molar-refractivity contribution is 5.24. The van der Waals surface area contributed by atoms with E-state index in [9.17, 15) is 0 Å². The summed E-state index contributed by atoms with van der Waals surface area (Å²) in [6.45, 7) is 2.16. The quantitative estimate of drug-likeness (QED) is 0.622. The van der Waals surface area contributed by atoms with Crippen molar-refractivity contribution < 1.29 is 0 Å². The predicted molar refractivity (Wildman–Crippen MR) is 72.8 cm³/mol. The molecule has 18 heavy (non-hydrogen) atoms. The van der Waals surface area contributed by atoms with Gasteiger partial charge in [-0.2, -0.15) is 5.10 Å². The maximum absolute atomic E-state index is 5.62. The monoisotopic (exact) mass is 244 g/mol. The van der Waals surface area contributed by atoms with Crippen LogP contribution in [0.2, 0.25) is 0 Å². The van der Waals surface area contributed by atoms with E-state index in [0.717, 1.165) is 18.5 Å². The van der Waals surface area contributed by atoms with Gasteiger partial charge in [0.1, 0.15) is 0 Å². The van der Waals surface area contributed by atoms with Gasteiger partial charge in [0.15, 0.2) is 0 Å². The van der Waals surface area contributed by atoms with E-state index in [1.807, 2.05) is 19.3 Å². The Morgan fingerprint density at radius 2 is 1.89 bits per heavy atom. The number of benzene rings is 1. The van der Waals surface area contributed by atoms with Gasteiger partial charge >= 0.3 is 0 Å². The minimum absolute atomic E-state index is 0.0543. The summed E-state index contributed by atoms with van der Waals surface area (Å²) in [5, 5.41) is 4.39. The second kappa shape index (κ2) is 5.80. The van der Waals surface area contributed by atoms with Gasteiger partial charge in [0.05, 0.1) is 11.7 Å². The minimum atomic E-state index is 0.0543. The molecule has 1 heterocycles. The van der Waals surface area contributed by atoms with E-state index in [0.29, 0.717) is 0 Å². The zero-order chi connectivity index (χ0) is 13.0. The van der Waals surface area contributed by atoms with Gasteiger partial charge in [0.25, 0.3) is 0 Å². The average molecular weight is 244 g/mol. The number of hydrogen-bond acceptors (Lipinski definition) is 3. The second-order valence-electron chi connectivity index (χ2n) is 4.51. The summed E-state index contributed by atoms with van der Waals surface area (Å²) in [7, 11) is 1.91. The fourth-order valence-electron chi connectivity index (χ4n) is 2.01. The number of nitrogens with two attached hydrogens (primary N) is 1. The normalized spacial score (nSPS) is 12.6. The van der Waals surface area contributed by atoms with Crippen LogP contribution < -0.4 is 11.3 Å². The van der Waals surface area contributed by atoms with E-state index in [-0.39, 0.29) is 6.04 Å². The number of rotatable bonds is 5. The van der Waals surface area contributed by atoms with E-state index in [1.165, 1.54) is 11.1 Å². The first-order chi connectivity index (χ1) is 8.72. The van der Waals surface area contributed by atoms with Crippen LogP contribution in [0, 0.1) is 0 Å². The largest absolute Gasteiger partial charge is 0.275 e. The van der Waals surface area contributed by atoms with Crippen molar-refractivity contribution in [1.29, 1.82) is 0 Å². The molecule has 1 atom stereocenters. The molecule has 0 saturated carbocycles. The van der Waals surface area contributed by atoms with E-state index >= 15 is 0 Å². The number of aromatic nitrogens is 2. The molecule has 0 saturated heterocycles. The molecule has 1 aromatic heterocycles. The highest BCUT2D eigenvalue weighted by Crippen LogP contribution is 2.16. The van der Waals surface area contributed by atoms with Gasteiger partial charge in [-0.25, -0.2) is 0 Å². The Hall–Kier alpha value is -1.65. The van der Waals surface area contributed by atoms with Crippen molar-refractivity contribution in [2.45, 2.75) is 25.8 Å². The number of nitrogens with zero attached hydrogens (tertiary/aromatic N) is 2. The Morgan fingerprint density at radius 1 is 1.22 bits per heavy atom. The van der Waals surface area contributed by atoms with Crippen LogP contribution in [-0.4, -0.2) is 9.78 Å². The lowest BCUT2D eigenvalue weighted by atomic mass is 10.0. The summed E-state index contributed by atoms with van der Waals surface area (Å²) in [5.74, 6) is 5.62. The molecule has 2 aromatic rings. The van der Waals surface area contributed by atoms with Crippen LogP contribution >= 0.6 is 0 Å². The number of hydrogen-bond donors (Lipinski definition) is 2. The lowest BCUT2D eigenvalue weighted by Gasteiger charge is -2.13. The lowest BCUT2D eigenvalue weighted by Crippen LogP contribution is -2.30. The first-order valence-corrected chi connectivity index (χ1v) is 6.26. The Balaban J connectivity index is 2.10. The van der Waals surface area contributed by atoms with Gasteiger partial charge in [-0.05, 0) is 30.0 Å². The molecule has 4 nitrogen and oxygen atoms in total. The van der Waals surface area contributed by atoms with Gasteiger partial charge in [0.2, 0.25) is 0 Å². The molecule has 2 rings (SSSR count). The summed E-state index contributed by atoms with van der Waals surface area (Å²) in [4.78, 5) is 0. The van der Waals surface area contributed by atoms with E-state index in [2.05, 4.69) is 41.7 Å². The van der Waals surface area contributed by atoms with E-state index in [4.69, 9.17) is 5.84 Å². The Morgan fingerprint density at radius 3 is 2.39 bits per heavy atom. The zero-order valence-corrected chi connectivity index (χ0v) is 10.9. The summed E-state index contributed by atoms with van der Waals surface area (Å²) >= 11 is 0. The number of hydrazine groups is 1. The Labute approximate surface area is 108 Å². The van der Waals surface area contributed by atoms with Crippen molar-refractivity contribution in [1.82, 2.24) is 15.2 Å². The zero-order valence-electron chi connectivity index (χ0n) is 10.9. The van der Waals surface area contributed by atoms with Gasteiger partial charge in [-0.15, -0.1) is 0 Å². The van der Waals surface area contributed by atoms with Crippen LogP contribution in [0.25, 0.3) is 0 Å². The molecule has 96 valence electrons. The summed E-state index contributed by atoms with van der Waals surface area (Å²) in [6.07, 6.45) is 3.84. The molecule has 1 unspecified atom stereocenters. The SMILES string of the molecule is CCc1ccc(CC(NN)c2ccn(C)n2)cc1. The molecular formula is C14H20N4. The van der Waals surface area contributed by atoms with Crippen molar-refractivity contribution in [2.75, 3.05) is 0 Å². The third-order valence-corrected chi connectivity index (χ3v) is 3.16. The predicted octanol–water partition coefficient (Wildman–Crippen LogP) is 1.73. The van der Waals surface area contributed by atoms with Crippen LogP contribution in [0.3, 0.4) is 0 Å². The fraction of sp³-hybridized carbons (Fsp3) is 0.357. The molecule has 0 aliphatic heterocycles. The van der Waals surface area contributed by atoms with Crippen molar-refractivity contribution in [3.05, 3.63) is 53.3 Å². The molecule has 0 bridgehead atoms.